The highest BCUT2D eigenvalue weighted by Gasteiger charge is 2.33. The fraction of sp³-hybridized carbons (Fsp3) is 0.471. The monoisotopic (exact) mass is 339 g/mol. The predicted octanol–water partition coefficient (Wildman–Crippen LogP) is 3.12. The van der Waals surface area contributed by atoms with Crippen LogP contribution in [0.1, 0.15) is 18.5 Å². The van der Waals surface area contributed by atoms with Crippen LogP contribution in [-0.4, -0.2) is 47.3 Å². The number of piperidine rings is 1. The molecule has 2 N–H and O–H groups in total. The Morgan fingerprint density at radius 1 is 1.21 bits per heavy atom. The zero-order chi connectivity index (χ0) is 17.2. The molecule has 3 rings (SSSR count). The lowest BCUT2D eigenvalue weighted by Gasteiger charge is -2.29. The lowest BCUT2D eigenvalue weighted by molar-refractivity contribution is -0.140. The number of nitrogens with zero attached hydrogens (tertiary/aromatic N) is 2. The summed E-state index contributed by atoms with van der Waals surface area (Å²) < 4.78 is 39.1. The summed E-state index contributed by atoms with van der Waals surface area (Å²) in [5.41, 5.74) is -0.884. The first-order valence-corrected chi connectivity index (χ1v) is 8.05. The largest absolute Gasteiger partial charge is 0.433 e. The molecule has 130 valence electrons. The van der Waals surface area contributed by atoms with Crippen molar-refractivity contribution in [3.8, 4) is 0 Å². The van der Waals surface area contributed by atoms with Crippen LogP contribution in [0.15, 0.2) is 30.3 Å². The van der Waals surface area contributed by atoms with Gasteiger partial charge >= 0.3 is 6.18 Å². The quantitative estimate of drug-likeness (QED) is 0.899. The van der Waals surface area contributed by atoms with Crippen LogP contribution in [0.25, 0.3) is 10.8 Å². The Morgan fingerprint density at radius 3 is 2.62 bits per heavy atom. The van der Waals surface area contributed by atoms with Crippen molar-refractivity contribution in [1.29, 1.82) is 0 Å². The summed E-state index contributed by atoms with van der Waals surface area (Å²) in [5, 5.41) is 13.7. The first kappa shape index (κ1) is 17.0. The molecule has 0 unspecified atom stereocenters. The molecule has 0 aliphatic carbocycles. The number of likely N-dealkylation sites (tertiary alicyclic amines) is 1. The molecule has 2 heterocycles. The second-order valence-electron chi connectivity index (χ2n) is 6.07. The summed E-state index contributed by atoms with van der Waals surface area (Å²) in [4.78, 5) is 5.96. The number of halogens is 3. The number of pyridine rings is 1. The Hall–Kier alpha value is -1.86. The lowest BCUT2D eigenvalue weighted by Crippen LogP contribution is -2.38. The molecule has 0 atom stereocenters. The number of rotatable bonds is 4. The van der Waals surface area contributed by atoms with Gasteiger partial charge in [-0.05, 0) is 24.3 Å². The van der Waals surface area contributed by atoms with E-state index in [0.29, 0.717) is 23.9 Å². The Kier molecular flexibility index (Phi) is 4.91. The van der Waals surface area contributed by atoms with Crippen LogP contribution in [0.4, 0.5) is 19.0 Å². The van der Waals surface area contributed by atoms with Gasteiger partial charge in [-0.2, -0.15) is 13.2 Å². The summed E-state index contributed by atoms with van der Waals surface area (Å²) in [6.45, 7) is 2.83. The van der Waals surface area contributed by atoms with Gasteiger partial charge in [0.15, 0.2) is 0 Å². The molecule has 0 amide bonds. The van der Waals surface area contributed by atoms with E-state index in [1.54, 1.807) is 24.3 Å². The Morgan fingerprint density at radius 2 is 1.92 bits per heavy atom. The molecule has 1 aliphatic rings. The van der Waals surface area contributed by atoms with Gasteiger partial charge in [0.25, 0.3) is 0 Å². The van der Waals surface area contributed by atoms with E-state index in [-0.39, 0.29) is 11.9 Å². The van der Waals surface area contributed by atoms with Crippen molar-refractivity contribution in [1.82, 2.24) is 9.88 Å². The van der Waals surface area contributed by atoms with Crippen molar-refractivity contribution in [3.05, 3.63) is 36.0 Å². The molecule has 0 radical (unpaired) electrons. The molecule has 1 fully saturated rings. The van der Waals surface area contributed by atoms with Gasteiger partial charge in [-0.25, -0.2) is 4.98 Å². The van der Waals surface area contributed by atoms with Gasteiger partial charge in [-0.3, -0.25) is 0 Å². The summed E-state index contributed by atoms with van der Waals surface area (Å²) in [7, 11) is 0. The second kappa shape index (κ2) is 6.94. The molecule has 7 heteroatoms. The SMILES string of the molecule is OC1CCN(CCNc2nc(C(F)(F)F)cc3ccccc23)CC1. The van der Waals surface area contributed by atoms with Gasteiger partial charge in [0, 0.05) is 31.6 Å². The smallest absolute Gasteiger partial charge is 0.393 e. The standard InChI is InChI=1S/C17H20F3N3O/c18-17(19,20)15-11-12-3-1-2-4-14(12)16(22-15)21-7-10-23-8-5-13(24)6-9-23/h1-4,11,13,24H,5-10H2,(H,21,22). The molecule has 2 aromatic rings. The van der Waals surface area contributed by atoms with Gasteiger partial charge in [0.1, 0.15) is 11.5 Å². The fourth-order valence-electron chi connectivity index (χ4n) is 2.95. The highest BCUT2D eigenvalue weighted by molar-refractivity contribution is 5.92. The Bertz CT molecular complexity index is 697. The Labute approximate surface area is 138 Å². The van der Waals surface area contributed by atoms with Crippen molar-refractivity contribution in [2.45, 2.75) is 25.1 Å². The minimum absolute atomic E-state index is 0.233. The summed E-state index contributed by atoms with van der Waals surface area (Å²) in [5.74, 6) is 0.262. The number of hydrogen-bond donors (Lipinski definition) is 2. The van der Waals surface area contributed by atoms with E-state index in [1.165, 1.54) is 0 Å². The summed E-state index contributed by atoms with van der Waals surface area (Å²) in [6.07, 6.45) is -3.22. The second-order valence-corrected chi connectivity index (χ2v) is 6.07. The van der Waals surface area contributed by atoms with E-state index in [4.69, 9.17) is 0 Å². The van der Waals surface area contributed by atoms with Crippen LogP contribution in [0.2, 0.25) is 0 Å². The van der Waals surface area contributed by atoms with Crippen LogP contribution in [0.5, 0.6) is 0 Å². The van der Waals surface area contributed by atoms with Crippen molar-refractivity contribution in [3.63, 3.8) is 0 Å². The van der Waals surface area contributed by atoms with Gasteiger partial charge < -0.3 is 15.3 Å². The zero-order valence-corrected chi connectivity index (χ0v) is 13.2. The predicted molar refractivity (Wildman–Crippen MR) is 86.9 cm³/mol. The third-order valence-electron chi connectivity index (χ3n) is 4.31. The topological polar surface area (TPSA) is 48.4 Å². The lowest BCUT2D eigenvalue weighted by atomic mass is 10.1. The van der Waals surface area contributed by atoms with Crippen LogP contribution in [0, 0.1) is 0 Å². The van der Waals surface area contributed by atoms with Crippen LogP contribution < -0.4 is 5.32 Å². The third-order valence-corrected chi connectivity index (χ3v) is 4.31. The third kappa shape index (κ3) is 3.96. The van der Waals surface area contributed by atoms with E-state index in [9.17, 15) is 18.3 Å². The molecular formula is C17H20F3N3O. The van der Waals surface area contributed by atoms with Crippen molar-refractivity contribution >= 4 is 16.6 Å². The molecule has 24 heavy (non-hydrogen) atoms. The number of aromatic nitrogens is 1. The highest BCUT2D eigenvalue weighted by Crippen LogP contribution is 2.32. The molecule has 1 aromatic heterocycles. The number of benzene rings is 1. The number of anilines is 1. The number of aliphatic hydroxyl groups excluding tert-OH is 1. The van der Waals surface area contributed by atoms with Crippen LogP contribution >= 0.6 is 0 Å². The molecular weight excluding hydrogens is 319 g/mol. The molecule has 0 bridgehead atoms. The molecule has 4 nitrogen and oxygen atoms in total. The maximum atomic E-state index is 13.0. The minimum atomic E-state index is -4.47. The van der Waals surface area contributed by atoms with E-state index in [2.05, 4.69) is 15.2 Å². The maximum absolute atomic E-state index is 13.0. The van der Waals surface area contributed by atoms with Gasteiger partial charge in [0.2, 0.25) is 0 Å². The normalized spacial score (nSPS) is 17.3. The molecule has 0 spiro atoms. The summed E-state index contributed by atoms with van der Waals surface area (Å²) in [6, 6.07) is 8.00. The molecule has 0 saturated carbocycles. The van der Waals surface area contributed by atoms with Crippen molar-refractivity contribution in [2.75, 3.05) is 31.5 Å². The number of aliphatic hydroxyl groups is 1. The van der Waals surface area contributed by atoms with E-state index < -0.39 is 11.9 Å². The molecule has 1 aliphatic heterocycles. The first-order valence-electron chi connectivity index (χ1n) is 8.05. The Balaban J connectivity index is 1.73. The molecule has 1 saturated heterocycles. The number of nitrogens with one attached hydrogen (secondary N) is 1. The highest BCUT2D eigenvalue weighted by atomic mass is 19.4. The molecule has 1 aromatic carbocycles. The number of alkyl halides is 3. The van der Waals surface area contributed by atoms with Crippen molar-refractivity contribution < 1.29 is 18.3 Å². The van der Waals surface area contributed by atoms with Gasteiger partial charge in [-0.15, -0.1) is 0 Å². The van der Waals surface area contributed by atoms with Gasteiger partial charge in [-0.1, -0.05) is 24.3 Å². The summed E-state index contributed by atoms with van der Waals surface area (Å²) >= 11 is 0. The van der Waals surface area contributed by atoms with E-state index in [0.717, 1.165) is 32.0 Å². The average molecular weight is 339 g/mol. The number of hydrogen-bond acceptors (Lipinski definition) is 4. The van der Waals surface area contributed by atoms with Gasteiger partial charge in [0.05, 0.1) is 6.10 Å². The fourth-order valence-corrected chi connectivity index (χ4v) is 2.95. The minimum Gasteiger partial charge on any atom is -0.393 e. The maximum Gasteiger partial charge on any atom is 0.433 e. The first-order chi connectivity index (χ1) is 11.4. The average Bonchev–Trinajstić information content (AvgIpc) is 2.55. The van der Waals surface area contributed by atoms with Crippen LogP contribution in [0.3, 0.4) is 0 Å². The van der Waals surface area contributed by atoms with E-state index in [1.807, 2.05) is 0 Å². The van der Waals surface area contributed by atoms with Crippen LogP contribution in [-0.2, 0) is 6.18 Å². The zero-order valence-electron chi connectivity index (χ0n) is 13.2. The van der Waals surface area contributed by atoms with E-state index >= 15 is 0 Å². The number of fused-ring (bicyclic) bond motifs is 1. The van der Waals surface area contributed by atoms with Crippen molar-refractivity contribution in [2.24, 2.45) is 0 Å².